The number of aryl methyl sites for hydroxylation is 1. The summed E-state index contributed by atoms with van der Waals surface area (Å²) in [6, 6.07) is 1.79. The maximum Gasteiger partial charge on any atom is 0.153 e. The molecule has 0 aliphatic carbocycles. The molecular formula is C6H10N2O. The van der Waals surface area contributed by atoms with Crippen molar-refractivity contribution >= 4 is 0 Å². The zero-order valence-electron chi connectivity index (χ0n) is 5.59. The van der Waals surface area contributed by atoms with Crippen LogP contribution in [0.15, 0.2) is 10.6 Å². The van der Waals surface area contributed by atoms with Gasteiger partial charge in [0.1, 0.15) is 0 Å². The highest BCUT2D eigenvalue weighted by molar-refractivity contribution is 5.05. The Morgan fingerprint density at radius 3 is 2.67 bits per heavy atom. The maximum absolute atomic E-state index is 5.49. The highest BCUT2D eigenvalue weighted by Crippen LogP contribution is 2.09. The summed E-state index contributed by atoms with van der Waals surface area (Å²) in [5, 5.41) is 3.68. The van der Waals surface area contributed by atoms with Gasteiger partial charge in [0.25, 0.3) is 0 Å². The molecule has 3 nitrogen and oxygen atoms in total. The molecule has 1 rings (SSSR count). The Bertz CT molecular complexity index is 193. The molecule has 0 saturated heterocycles. The average Bonchev–Trinajstić information content (AvgIpc) is 2.14. The highest BCUT2D eigenvalue weighted by atomic mass is 16.5. The number of rotatable bonds is 1. The second kappa shape index (κ2) is 2.19. The van der Waals surface area contributed by atoms with Crippen molar-refractivity contribution in [2.75, 3.05) is 0 Å². The molecular weight excluding hydrogens is 116 g/mol. The lowest BCUT2D eigenvalue weighted by molar-refractivity contribution is 0.364. The van der Waals surface area contributed by atoms with Gasteiger partial charge in [0.05, 0.1) is 11.7 Å². The molecule has 0 aromatic carbocycles. The zero-order valence-corrected chi connectivity index (χ0v) is 5.59. The van der Waals surface area contributed by atoms with Crippen molar-refractivity contribution in [2.24, 2.45) is 5.73 Å². The topological polar surface area (TPSA) is 52.0 Å². The number of hydrogen-bond donors (Lipinski definition) is 1. The normalized spacial score (nSPS) is 13.7. The summed E-state index contributed by atoms with van der Waals surface area (Å²) in [6.45, 7) is 3.73. The third-order valence-electron chi connectivity index (χ3n) is 1.09. The van der Waals surface area contributed by atoms with E-state index in [1.807, 2.05) is 19.9 Å². The van der Waals surface area contributed by atoms with E-state index in [2.05, 4.69) is 5.16 Å². The van der Waals surface area contributed by atoms with Gasteiger partial charge < -0.3 is 10.3 Å². The lowest BCUT2D eigenvalue weighted by Gasteiger charge is -1.93. The van der Waals surface area contributed by atoms with E-state index >= 15 is 0 Å². The van der Waals surface area contributed by atoms with Gasteiger partial charge in [-0.15, -0.1) is 0 Å². The van der Waals surface area contributed by atoms with E-state index in [1.165, 1.54) is 0 Å². The molecule has 2 N–H and O–H groups in total. The van der Waals surface area contributed by atoms with Gasteiger partial charge in [0, 0.05) is 6.07 Å². The van der Waals surface area contributed by atoms with Gasteiger partial charge in [0.15, 0.2) is 5.76 Å². The van der Waals surface area contributed by atoms with E-state index < -0.39 is 0 Å². The largest absolute Gasteiger partial charge is 0.359 e. The second-order valence-corrected chi connectivity index (χ2v) is 2.16. The predicted octanol–water partition coefficient (Wildman–Crippen LogP) is 1.00. The van der Waals surface area contributed by atoms with Crippen LogP contribution in [-0.4, -0.2) is 5.16 Å². The van der Waals surface area contributed by atoms with E-state index in [0.717, 1.165) is 11.5 Å². The Balaban J connectivity index is 2.85. The van der Waals surface area contributed by atoms with Crippen LogP contribution in [0.5, 0.6) is 0 Å². The molecule has 1 heterocycles. The molecule has 1 aromatic rings. The number of nitrogens with two attached hydrogens (primary N) is 1. The van der Waals surface area contributed by atoms with E-state index in [-0.39, 0.29) is 6.04 Å². The molecule has 1 aromatic heterocycles. The first-order chi connectivity index (χ1) is 4.20. The van der Waals surface area contributed by atoms with Crippen molar-refractivity contribution in [3.63, 3.8) is 0 Å². The van der Waals surface area contributed by atoms with E-state index in [9.17, 15) is 0 Å². The summed E-state index contributed by atoms with van der Waals surface area (Å²) in [5.74, 6) is 0.743. The minimum atomic E-state index is -0.0498. The Kier molecular flexibility index (Phi) is 1.53. The summed E-state index contributed by atoms with van der Waals surface area (Å²) in [7, 11) is 0. The zero-order chi connectivity index (χ0) is 6.85. The Hall–Kier alpha value is -0.830. The Morgan fingerprint density at radius 1 is 1.78 bits per heavy atom. The fraction of sp³-hybridized carbons (Fsp3) is 0.500. The van der Waals surface area contributed by atoms with Crippen LogP contribution in [-0.2, 0) is 0 Å². The quantitative estimate of drug-likeness (QED) is 0.610. The molecule has 0 aliphatic rings. The molecule has 3 heteroatoms. The second-order valence-electron chi connectivity index (χ2n) is 2.16. The van der Waals surface area contributed by atoms with E-state index in [0.29, 0.717) is 0 Å². The Morgan fingerprint density at radius 2 is 2.44 bits per heavy atom. The summed E-state index contributed by atoms with van der Waals surface area (Å²) in [5.41, 5.74) is 6.37. The first kappa shape index (κ1) is 6.29. The van der Waals surface area contributed by atoms with E-state index in [4.69, 9.17) is 10.3 Å². The van der Waals surface area contributed by atoms with Crippen LogP contribution in [0.1, 0.15) is 24.4 Å². The van der Waals surface area contributed by atoms with Crippen LogP contribution in [0.2, 0.25) is 0 Å². The summed E-state index contributed by atoms with van der Waals surface area (Å²) in [6.07, 6.45) is 0. The lowest BCUT2D eigenvalue weighted by Crippen LogP contribution is -2.02. The summed E-state index contributed by atoms with van der Waals surface area (Å²) < 4.78 is 4.85. The molecule has 0 aliphatic heterocycles. The lowest BCUT2D eigenvalue weighted by atomic mass is 10.2. The van der Waals surface area contributed by atoms with Crippen molar-refractivity contribution in [1.29, 1.82) is 0 Å². The monoisotopic (exact) mass is 126 g/mol. The van der Waals surface area contributed by atoms with Crippen molar-refractivity contribution < 1.29 is 4.52 Å². The molecule has 0 spiro atoms. The molecule has 0 radical (unpaired) electrons. The SMILES string of the molecule is Cc1cc(C(C)N)on1. The minimum absolute atomic E-state index is 0.0498. The van der Waals surface area contributed by atoms with Gasteiger partial charge in [-0.05, 0) is 13.8 Å². The van der Waals surface area contributed by atoms with Crippen LogP contribution < -0.4 is 5.73 Å². The summed E-state index contributed by atoms with van der Waals surface area (Å²) >= 11 is 0. The smallest absolute Gasteiger partial charge is 0.153 e. The van der Waals surface area contributed by atoms with Crippen molar-refractivity contribution in [3.8, 4) is 0 Å². The molecule has 0 amide bonds. The van der Waals surface area contributed by atoms with Crippen molar-refractivity contribution in [1.82, 2.24) is 5.16 Å². The van der Waals surface area contributed by atoms with Crippen LogP contribution in [0, 0.1) is 6.92 Å². The van der Waals surface area contributed by atoms with Crippen LogP contribution in [0.25, 0.3) is 0 Å². The van der Waals surface area contributed by atoms with Crippen LogP contribution in [0.4, 0.5) is 0 Å². The molecule has 0 saturated carbocycles. The maximum atomic E-state index is 5.49. The molecule has 0 bridgehead atoms. The van der Waals surface area contributed by atoms with Gasteiger partial charge in [0.2, 0.25) is 0 Å². The molecule has 0 fully saturated rings. The minimum Gasteiger partial charge on any atom is -0.359 e. The third kappa shape index (κ3) is 1.29. The molecule has 1 atom stereocenters. The van der Waals surface area contributed by atoms with Gasteiger partial charge in [-0.25, -0.2) is 0 Å². The predicted molar refractivity (Wildman–Crippen MR) is 33.8 cm³/mol. The highest BCUT2D eigenvalue weighted by Gasteiger charge is 2.03. The third-order valence-corrected chi connectivity index (χ3v) is 1.09. The van der Waals surface area contributed by atoms with Crippen LogP contribution in [0.3, 0.4) is 0 Å². The van der Waals surface area contributed by atoms with E-state index in [1.54, 1.807) is 0 Å². The fourth-order valence-corrected chi connectivity index (χ4v) is 0.598. The standard InChI is InChI=1S/C6H10N2O/c1-4-3-6(5(2)7)9-8-4/h3,5H,7H2,1-2H3. The van der Waals surface area contributed by atoms with Gasteiger partial charge >= 0.3 is 0 Å². The first-order valence-corrected chi connectivity index (χ1v) is 2.89. The van der Waals surface area contributed by atoms with Gasteiger partial charge in [-0.3, -0.25) is 0 Å². The van der Waals surface area contributed by atoms with Crippen LogP contribution >= 0.6 is 0 Å². The Labute approximate surface area is 53.8 Å². The number of aromatic nitrogens is 1. The van der Waals surface area contributed by atoms with Gasteiger partial charge in [-0.2, -0.15) is 0 Å². The molecule has 50 valence electrons. The molecule has 9 heavy (non-hydrogen) atoms. The number of nitrogens with zero attached hydrogens (tertiary/aromatic N) is 1. The fourth-order valence-electron chi connectivity index (χ4n) is 0.598. The first-order valence-electron chi connectivity index (χ1n) is 2.89. The van der Waals surface area contributed by atoms with Crippen molar-refractivity contribution in [2.45, 2.75) is 19.9 Å². The van der Waals surface area contributed by atoms with Gasteiger partial charge in [-0.1, -0.05) is 5.16 Å². The summed E-state index contributed by atoms with van der Waals surface area (Å²) in [4.78, 5) is 0. The molecule has 1 unspecified atom stereocenters. The average molecular weight is 126 g/mol. The van der Waals surface area contributed by atoms with Crippen molar-refractivity contribution in [3.05, 3.63) is 17.5 Å². The number of hydrogen-bond acceptors (Lipinski definition) is 3.